The molecule has 0 radical (unpaired) electrons. The highest BCUT2D eigenvalue weighted by Gasteiger charge is 2.12. The van der Waals surface area contributed by atoms with E-state index in [0.29, 0.717) is 5.56 Å². The Kier molecular flexibility index (Phi) is 4.40. The summed E-state index contributed by atoms with van der Waals surface area (Å²) in [6.07, 6.45) is 5.90. The van der Waals surface area contributed by atoms with Gasteiger partial charge in [-0.25, -0.2) is 9.18 Å². The number of pyridine rings is 1. The molecular weight excluding hydrogens is 275 g/mol. The highest BCUT2D eigenvalue weighted by molar-refractivity contribution is 6.06. The Hall–Kier alpha value is -3.02. The van der Waals surface area contributed by atoms with E-state index < -0.39 is 17.7 Å². The van der Waals surface area contributed by atoms with Crippen LogP contribution in [0.25, 0.3) is 6.08 Å². The molecule has 0 saturated heterocycles. The van der Waals surface area contributed by atoms with Crippen LogP contribution in [0.4, 0.5) is 10.1 Å². The van der Waals surface area contributed by atoms with Crippen LogP contribution >= 0.6 is 0 Å². The van der Waals surface area contributed by atoms with E-state index in [-0.39, 0.29) is 11.3 Å². The number of halogens is 1. The lowest BCUT2D eigenvalue weighted by molar-refractivity contribution is -0.111. The Morgan fingerprint density at radius 2 is 2.10 bits per heavy atom. The third-order valence-electron chi connectivity index (χ3n) is 2.58. The van der Waals surface area contributed by atoms with Crippen LogP contribution in [0.3, 0.4) is 0 Å². The van der Waals surface area contributed by atoms with Crippen LogP contribution in [0.2, 0.25) is 0 Å². The lowest BCUT2D eigenvalue weighted by atomic mass is 10.1. The predicted molar refractivity (Wildman–Crippen MR) is 75.3 cm³/mol. The van der Waals surface area contributed by atoms with E-state index in [9.17, 15) is 14.0 Å². The Morgan fingerprint density at radius 1 is 1.29 bits per heavy atom. The first-order valence-corrected chi connectivity index (χ1v) is 5.98. The van der Waals surface area contributed by atoms with Crippen LogP contribution in [0.5, 0.6) is 0 Å². The highest BCUT2D eigenvalue weighted by Crippen LogP contribution is 2.17. The quantitative estimate of drug-likeness (QED) is 0.847. The largest absolute Gasteiger partial charge is 0.478 e. The maximum Gasteiger partial charge on any atom is 0.337 e. The SMILES string of the molecule is O=C(/C=C/c1cccnc1)Nc1cc(F)ccc1C(=O)O. The number of carboxylic acid groups (broad SMARTS) is 1. The lowest BCUT2D eigenvalue weighted by Gasteiger charge is -2.06. The third kappa shape index (κ3) is 3.97. The first-order valence-electron chi connectivity index (χ1n) is 5.98. The number of aromatic carboxylic acids is 1. The van der Waals surface area contributed by atoms with E-state index in [2.05, 4.69) is 10.3 Å². The summed E-state index contributed by atoms with van der Waals surface area (Å²) in [5.41, 5.74) is 0.438. The van der Waals surface area contributed by atoms with Gasteiger partial charge in [0, 0.05) is 18.5 Å². The van der Waals surface area contributed by atoms with Gasteiger partial charge >= 0.3 is 5.97 Å². The highest BCUT2D eigenvalue weighted by atomic mass is 19.1. The molecule has 0 saturated carbocycles. The Balaban J connectivity index is 2.15. The normalized spacial score (nSPS) is 10.5. The molecule has 1 heterocycles. The topological polar surface area (TPSA) is 79.3 Å². The number of rotatable bonds is 4. The van der Waals surface area contributed by atoms with E-state index in [1.807, 2.05) is 0 Å². The monoisotopic (exact) mass is 286 g/mol. The van der Waals surface area contributed by atoms with Crippen LogP contribution < -0.4 is 5.32 Å². The minimum Gasteiger partial charge on any atom is -0.478 e. The maximum absolute atomic E-state index is 13.1. The van der Waals surface area contributed by atoms with Crippen LogP contribution in [0, 0.1) is 5.82 Å². The van der Waals surface area contributed by atoms with Crippen molar-refractivity contribution in [2.24, 2.45) is 0 Å². The standard InChI is InChI=1S/C15H11FN2O3/c16-11-4-5-12(15(20)21)13(8-11)18-14(19)6-3-10-2-1-7-17-9-10/h1-9H,(H,18,19)(H,20,21)/b6-3+. The van der Waals surface area contributed by atoms with Crippen molar-refractivity contribution in [2.45, 2.75) is 0 Å². The summed E-state index contributed by atoms with van der Waals surface area (Å²) in [5, 5.41) is 11.3. The number of aromatic nitrogens is 1. The summed E-state index contributed by atoms with van der Waals surface area (Å²) in [6.45, 7) is 0. The minimum atomic E-state index is -1.25. The van der Waals surface area contributed by atoms with Gasteiger partial charge in [-0.2, -0.15) is 0 Å². The maximum atomic E-state index is 13.1. The Morgan fingerprint density at radius 3 is 2.76 bits per heavy atom. The molecule has 0 atom stereocenters. The van der Waals surface area contributed by atoms with Crippen LogP contribution in [-0.4, -0.2) is 22.0 Å². The second-order valence-electron chi connectivity index (χ2n) is 4.10. The number of hydrogen-bond donors (Lipinski definition) is 2. The molecular formula is C15H11FN2O3. The van der Waals surface area contributed by atoms with Gasteiger partial charge in [0.15, 0.2) is 0 Å². The second kappa shape index (κ2) is 6.42. The fourth-order valence-electron chi connectivity index (χ4n) is 1.63. The van der Waals surface area contributed by atoms with Crippen molar-refractivity contribution in [3.05, 3.63) is 65.7 Å². The van der Waals surface area contributed by atoms with Crippen molar-refractivity contribution in [2.75, 3.05) is 5.32 Å². The van der Waals surface area contributed by atoms with E-state index in [0.717, 1.165) is 18.2 Å². The lowest BCUT2D eigenvalue weighted by Crippen LogP contribution is -2.12. The van der Waals surface area contributed by atoms with Crippen LogP contribution in [0.15, 0.2) is 48.8 Å². The number of carbonyl (C=O) groups is 2. The van der Waals surface area contributed by atoms with Crippen LogP contribution in [0.1, 0.15) is 15.9 Å². The number of benzene rings is 1. The fourth-order valence-corrected chi connectivity index (χ4v) is 1.63. The van der Waals surface area contributed by atoms with E-state index in [1.54, 1.807) is 24.5 Å². The van der Waals surface area contributed by atoms with Crippen LogP contribution in [-0.2, 0) is 4.79 Å². The minimum absolute atomic E-state index is 0.0941. The van der Waals surface area contributed by atoms with Crippen molar-refractivity contribution in [1.29, 1.82) is 0 Å². The van der Waals surface area contributed by atoms with Gasteiger partial charge in [0.2, 0.25) is 5.91 Å². The Bertz CT molecular complexity index is 699. The van der Waals surface area contributed by atoms with Crippen molar-refractivity contribution >= 4 is 23.6 Å². The molecule has 1 aromatic heterocycles. The summed E-state index contributed by atoms with van der Waals surface area (Å²) in [7, 11) is 0. The molecule has 0 aliphatic rings. The molecule has 0 unspecified atom stereocenters. The number of carbonyl (C=O) groups excluding carboxylic acids is 1. The third-order valence-corrected chi connectivity index (χ3v) is 2.58. The van der Waals surface area contributed by atoms with Crippen molar-refractivity contribution in [3.8, 4) is 0 Å². The molecule has 1 amide bonds. The zero-order valence-electron chi connectivity index (χ0n) is 10.8. The zero-order valence-corrected chi connectivity index (χ0v) is 10.8. The Labute approximate surface area is 119 Å². The molecule has 106 valence electrons. The summed E-state index contributed by atoms with van der Waals surface area (Å²) in [6, 6.07) is 6.54. The van der Waals surface area contributed by atoms with Gasteiger partial charge in [-0.05, 0) is 35.9 Å². The van der Waals surface area contributed by atoms with Gasteiger partial charge < -0.3 is 10.4 Å². The summed E-state index contributed by atoms with van der Waals surface area (Å²) < 4.78 is 13.1. The van der Waals surface area contributed by atoms with Gasteiger partial charge in [-0.3, -0.25) is 9.78 Å². The second-order valence-corrected chi connectivity index (χ2v) is 4.10. The molecule has 2 aromatic rings. The molecule has 0 bridgehead atoms. The first kappa shape index (κ1) is 14.4. The van der Waals surface area contributed by atoms with Crippen molar-refractivity contribution in [1.82, 2.24) is 4.98 Å². The number of nitrogens with one attached hydrogen (secondary N) is 1. The molecule has 0 aliphatic carbocycles. The summed E-state index contributed by atoms with van der Waals surface area (Å²) in [5.74, 6) is -2.44. The molecule has 6 heteroatoms. The van der Waals surface area contributed by atoms with Gasteiger partial charge in [-0.15, -0.1) is 0 Å². The van der Waals surface area contributed by atoms with E-state index >= 15 is 0 Å². The zero-order chi connectivity index (χ0) is 15.2. The molecule has 1 aromatic carbocycles. The fraction of sp³-hybridized carbons (Fsp3) is 0. The molecule has 5 nitrogen and oxygen atoms in total. The predicted octanol–water partition coefficient (Wildman–Crippen LogP) is 2.57. The van der Waals surface area contributed by atoms with Gasteiger partial charge in [-0.1, -0.05) is 6.07 Å². The number of amides is 1. The number of anilines is 1. The smallest absolute Gasteiger partial charge is 0.337 e. The number of carboxylic acids is 1. The molecule has 0 fully saturated rings. The average Bonchev–Trinajstić information content (AvgIpc) is 2.46. The van der Waals surface area contributed by atoms with Gasteiger partial charge in [0.25, 0.3) is 0 Å². The van der Waals surface area contributed by atoms with E-state index in [4.69, 9.17) is 5.11 Å². The molecule has 0 aliphatic heterocycles. The molecule has 21 heavy (non-hydrogen) atoms. The van der Waals surface area contributed by atoms with Gasteiger partial charge in [0.05, 0.1) is 11.3 Å². The molecule has 2 N–H and O–H groups in total. The first-order chi connectivity index (χ1) is 10.1. The van der Waals surface area contributed by atoms with Gasteiger partial charge in [0.1, 0.15) is 5.82 Å². The molecule has 2 rings (SSSR count). The summed E-state index contributed by atoms with van der Waals surface area (Å²) in [4.78, 5) is 26.6. The molecule has 0 spiro atoms. The van der Waals surface area contributed by atoms with Crippen molar-refractivity contribution < 1.29 is 19.1 Å². The number of hydrogen-bond acceptors (Lipinski definition) is 3. The average molecular weight is 286 g/mol. The van der Waals surface area contributed by atoms with Crippen molar-refractivity contribution in [3.63, 3.8) is 0 Å². The van der Waals surface area contributed by atoms with E-state index in [1.165, 1.54) is 12.2 Å². The number of nitrogens with zero attached hydrogens (tertiary/aromatic N) is 1. The summed E-state index contributed by atoms with van der Waals surface area (Å²) >= 11 is 0.